The van der Waals surface area contributed by atoms with Crippen LogP contribution >= 0.6 is 0 Å². The average molecular weight is 395 g/mol. The Balaban J connectivity index is 1.60. The number of methoxy groups -OCH3 is 1. The van der Waals surface area contributed by atoms with E-state index in [-0.39, 0.29) is 23.8 Å². The number of amides is 2. The van der Waals surface area contributed by atoms with Crippen LogP contribution in [0.25, 0.3) is 0 Å². The van der Waals surface area contributed by atoms with E-state index in [0.29, 0.717) is 26.1 Å². The lowest BCUT2D eigenvalue weighted by atomic mass is 10.1. The molecule has 2 aromatic rings. The van der Waals surface area contributed by atoms with Crippen LogP contribution in [0, 0.1) is 5.92 Å². The zero-order valence-electron chi connectivity index (χ0n) is 17.5. The Kier molecular flexibility index (Phi) is 6.91. The van der Waals surface area contributed by atoms with Crippen LogP contribution in [0.4, 0.5) is 0 Å². The van der Waals surface area contributed by atoms with Crippen molar-refractivity contribution in [3.8, 4) is 5.75 Å². The number of ether oxygens (including phenoxy) is 1. The van der Waals surface area contributed by atoms with Gasteiger partial charge in [-0.2, -0.15) is 0 Å². The Morgan fingerprint density at radius 2 is 1.86 bits per heavy atom. The Labute approximate surface area is 173 Å². The molecule has 0 bridgehead atoms. The quantitative estimate of drug-likeness (QED) is 0.688. The number of likely N-dealkylation sites (tertiary alicyclic amines) is 1. The minimum Gasteiger partial charge on any atom is -0.497 e. The molecule has 1 unspecified atom stereocenters. The van der Waals surface area contributed by atoms with Crippen LogP contribution in [0.1, 0.15) is 31.4 Å². The second-order valence-corrected chi connectivity index (χ2v) is 7.89. The molecule has 0 aliphatic carbocycles. The van der Waals surface area contributed by atoms with Gasteiger partial charge < -0.3 is 14.5 Å². The summed E-state index contributed by atoms with van der Waals surface area (Å²) in [7, 11) is 1.65. The number of nitrogens with zero attached hydrogens (tertiary/aromatic N) is 2. The van der Waals surface area contributed by atoms with Crippen molar-refractivity contribution in [3.63, 3.8) is 0 Å². The molecule has 1 heterocycles. The number of hydrogen-bond acceptors (Lipinski definition) is 3. The third-order valence-corrected chi connectivity index (χ3v) is 5.47. The fraction of sp³-hybridized carbons (Fsp3) is 0.417. The molecule has 0 aromatic heterocycles. The van der Waals surface area contributed by atoms with E-state index in [2.05, 4.69) is 0 Å². The van der Waals surface area contributed by atoms with Gasteiger partial charge in [-0.25, -0.2) is 0 Å². The van der Waals surface area contributed by atoms with Gasteiger partial charge in [0.2, 0.25) is 11.8 Å². The zero-order valence-corrected chi connectivity index (χ0v) is 17.5. The fourth-order valence-corrected chi connectivity index (χ4v) is 3.78. The van der Waals surface area contributed by atoms with Crippen molar-refractivity contribution in [1.82, 2.24) is 9.80 Å². The molecule has 5 nitrogen and oxygen atoms in total. The van der Waals surface area contributed by atoms with Crippen molar-refractivity contribution >= 4 is 11.8 Å². The van der Waals surface area contributed by atoms with E-state index in [1.165, 1.54) is 0 Å². The first kappa shape index (κ1) is 20.9. The van der Waals surface area contributed by atoms with Crippen molar-refractivity contribution in [2.75, 3.05) is 20.2 Å². The summed E-state index contributed by atoms with van der Waals surface area (Å²) in [6.07, 6.45) is 1.05. The molecule has 154 valence electrons. The van der Waals surface area contributed by atoms with Gasteiger partial charge in [-0.1, -0.05) is 42.5 Å². The Bertz CT molecular complexity index is 835. The highest BCUT2D eigenvalue weighted by atomic mass is 16.5. The summed E-state index contributed by atoms with van der Waals surface area (Å²) in [6, 6.07) is 18.0. The SMILES string of the molecule is COc1cccc(CCN2CC(C(=O)N(Cc3ccccc3)C(C)C)CC2=O)c1. The van der Waals surface area contributed by atoms with Gasteiger partial charge in [0.15, 0.2) is 0 Å². The Morgan fingerprint density at radius 3 is 2.55 bits per heavy atom. The topological polar surface area (TPSA) is 49.9 Å². The van der Waals surface area contributed by atoms with Gasteiger partial charge in [0, 0.05) is 32.1 Å². The molecule has 1 atom stereocenters. The van der Waals surface area contributed by atoms with Gasteiger partial charge in [-0.15, -0.1) is 0 Å². The maximum atomic E-state index is 13.2. The van der Waals surface area contributed by atoms with Crippen LogP contribution in [0.15, 0.2) is 54.6 Å². The maximum Gasteiger partial charge on any atom is 0.228 e. The molecule has 2 aromatic carbocycles. The summed E-state index contributed by atoms with van der Waals surface area (Å²) >= 11 is 0. The molecule has 0 radical (unpaired) electrons. The van der Waals surface area contributed by atoms with Gasteiger partial charge in [-0.3, -0.25) is 9.59 Å². The monoisotopic (exact) mass is 394 g/mol. The van der Waals surface area contributed by atoms with E-state index >= 15 is 0 Å². The molecule has 1 fully saturated rings. The lowest BCUT2D eigenvalue weighted by Gasteiger charge is -2.29. The standard InChI is InChI=1S/C24H30N2O3/c1-18(2)26(16-20-8-5-4-6-9-20)24(28)21-15-23(27)25(17-21)13-12-19-10-7-11-22(14-19)29-3/h4-11,14,18,21H,12-13,15-17H2,1-3H3. The summed E-state index contributed by atoms with van der Waals surface area (Å²) in [6.45, 7) is 5.75. The molecule has 5 heteroatoms. The molecule has 1 aliphatic heterocycles. The first-order chi connectivity index (χ1) is 14.0. The average Bonchev–Trinajstić information content (AvgIpc) is 3.11. The molecular formula is C24H30N2O3. The predicted octanol–water partition coefficient (Wildman–Crippen LogP) is 3.52. The first-order valence-corrected chi connectivity index (χ1v) is 10.2. The van der Waals surface area contributed by atoms with Crippen LogP contribution in [0.5, 0.6) is 5.75 Å². The van der Waals surface area contributed by atoms with Gasteiger partial charge in [-0.05, 0) is 43.5 Å². The number of benzene rings is 2. The predicted molar refractivity (Wildman–Crippen MR) is 114 cm³/mol. The highest BCUT2D eigenvalue weighted by molar-refractivity contribution is 5.89. The molecule has 0 N–H and O–H groups in total. The summed E-state index contributed by atoms with van der Waals surface area (Å²) in [4.78, 5) is 29.4. The van der Waals surface area contributed by atoms with Gasteiger partial charge in [0.1, 0.15) is 5.75 Å². The van der Waals surface area contributed by atoms with Crippen LogP contribution in [0.2, 0.25) is 0 Å². The molecule has 0 saturated carbocycles. The van der Waals surface area contributed by atoms with E-state index in [9.17, 15) is 9.59 Å². The van der Waals surface area contributed by atoms with E-state index in [4.69, 9.17) is 4.74 Å². The van der Waals surface area contributed by atoms with Crippen LogP contribution in [-0.4, -0.2) is 47.9 Å². The van der Waals surface area contributed by atoms with Crippen molar-refractivity contribution < 1.29 is 14.3 Å². The Morgan fingerprint density at radius 1 is 1.14 bits per heavy atom. The minimum atomic E-state index is -0.265. The molecule has 3 rings (SSSR count). The second-order valence-electron chi connectivity index (χ2n) is 7.89. The lowest BCUT2D eigenvalue weighted by molar-refractivity contribution is -0.138. The molecule has 0 spiro atoms. The van der Waals surface area contributed by atoms with E-state index in [0.717, 1.165) is 23.3 Å². The van der Waals surface area contributed by atoms with Crippen LogP contribution < -0.4 is 4.74 Å². The lowest BCUT2D eigenvalue weighted by Crippen LogP contribution is -2.41. The first-order valence-electron chi connectivity index (χ1n) is 10.2. The summed E-state index contributed by atoms with van der Waals surface area (Å²) < 4.78 is 5.26. The molecule has 29 heavy (non-hydrogen) atoms. The highest BCUT2D eigenvalue weighted by Crippen LogP contribution is 2.23. The van der Waals surface area contributed by atoms with Crippen molar-refractivity contribution in [2.45, 2.75) is 39.3 Å². The van der Waals surface area contributed by atoms with E-state index in [1.807, 2.05) is 78.2 Å². The number of hydrogen-bond donors (Lipinski definition) is 0. The third-order valence-electron chi connectivity index (χ3n) is 5.47. The van der Waals surface area contributed by atoms with E-state index in [1.54, 1.807) is 7.11 Å². The van der Waals surface area contributed by atoms with Gasteiger partial charge >= 0.3 is 0 Å². The van der Waals surface area contributed by atoms with Gasteiger partial charge in [0.05, 0.1) is 13.0 Å². The van der Waals surface area contributed by atoms with Crippen LogP contribution in [-0.2, 0) is 22.6 Å². The highest BCUT2D eigenvalue weighted by Gasteiger charge is 2.36. The summed E-state index contributed by atoms with van der Waals surface area (Å²) in [5.41, 5.74) is 2.23. The summed E-state index contributed by atoms with van der Waals surface area (Å²) in [5.74, 6) is 0.687. The second kappa shape index (κ2) is 9.59. The summed E-state index contributed by atoms with van der Waals surface area (Å²) in [5, 5.41) is 0. The fourth-order valence-electron chi connectivity index (χ4n) is 3.78. The molecule has 2 amide bonds. The van der Waals surface area contributed by atoms with Crippen LogP contribution in [0.3, 0.4) is 0 Å². The number of carbonyl (C=O) groups is 2. The van der Waals surface area contributed by atoms with Crippen molar-refractivity contribution in [1.29, 1.82) is 0 Å². The largest absolute Gasteiger partial charge is 0.497 e. The molecule has 1 aliphatic rings. The van der Waals surface area contributed by atoms with Crippen molar-refractivity contribution in [3.05, 3.63) is 65.7 Å². The van der Waals surface area contributed by atoms with E-state index < -0.39 is 0 Å². The van der Waals surface area contributed by atoms with Crippen molar-refractivity contribution in [2.24, 2.45) is 5.92 Å². The third kappa shape index (κ3) is 5.37. The maximum absolute atomic E-state index is 13.2. The smallest absolute Gasteiger partial charge is 0.228 e. The molecule has 1 saturated heterocycles. The normalized spacial score (nSPS) is 16.3. The zero-order chi connectivity index (χ0) is 20.8. The van der Waals surface area contributed by atoms with Gasteiger partial charge in [0.25, 0.3) is 0 Å². The number of rotatable bonds is 8. The minimum absolute atomic E-state index is 0.0645. The Hall–Kier alpha value is -2.82. The number of carbonyl (C=O) groups excluding carboxylic acids is 2. The molecular weight excluding hydrogens is 364 g/mol.